The van der Waals surface area contributed by atoms with Crippen LogP contribution in [0.1, 0.15) is 40.0 Å². The average molecular weight is 237 g/mol. The summed E-state index contributed by atoms with van der Waals surface area (Å²) in [5, 5.41) is 2.75. The van der Waals surface area contributed by atoms with Crippen molar-refractivity contribution in [3.05, 3.63) is 30.1 Å². The first-order valence-corrected chi connectivity index (χ1v) is 5.92. The van der Waals surface area contributed by atoms with Gasteiger partial charge < -0.3 is 5.32 Å². The van der Waals surface area contributed by atoms with E-state index in [1.54, 1.807) is 12.1 Å². The van der Waals surface area contributed by atoms with Crippen LogP contribution in [0.15, 0.2) is 24.3 Å². The fourth-order valence-corrected chi connectivity index (χ4v) is 1.54. The molecule has 1 N–H and O–H groups in total. The highest BCUT2D eigenvalue weighted by Crippen LogP contribution is 2.21. The molecule has 0 bridgehead atoms. The Morgan fingerprint density at radius 1 is 1.24 bits per heavy atom. The Hall–Kier alpha value is -1.38. The lowest BCUT2D eigenvalue weighted by Crippen LogP contribution is -2.13. The third kappa shape index (κ3) is 6.05. The molecule has 0 aliphatic heterocycles. The summed E-state index contributed by atoms with van der Waals surface area (Å²) >= 11 is 0. The summed E-state index contributed by atoms with van der Waals surface area (Å²) in [6, 6.07) is 5.81. The summed E-state index contributed by atoms with van der Waals surface area (Å²) in [6.45, 7) is 6.47. The number of anilines is 1. The van der Waals surface area contributed by atoms with Gasteiger partial charge in [0.15, 0.2) is 0 Å². The van der Waals surface area contributed by atoms with E-state index in [1.165, 1.54) is 12.1 Å². The van der Waals surface area contributed by atoms with Crippen LogP contribution in [0.4, 0.5) is 10.1 Å². The summed E-state index contributed by atoms with van der Waals surface area (Å²) in [5.74, 6) is -0.309. The Balaban J connectivity index is 2.32. The van der Waals surface area contributed by atoms with Gasteiger partial charge in [-0.1, -0.05) is 20.8 Å². The minimum atomic E-state index is -0.296. The maximum atomic E-state index is 12.6. The molecule has 0 aliphatic rings. The van der Waals surface area contributed by atoms with Crippen LogP contribution in [0.3, 0.4) is 0 Å². The molecule has 17 heavy (non-hydrogen) atoms. The molecular weight excluding hydrogens is 217 g/mol. The van der Waals surface area contributed by atoms with Crippen molar-refractivity contribution in [2.45, 2.75) is 40.0 Å². The van der Waals surface area contributed by atoms with Crippen LogP contribution in [0.2, 0.25) is 0 Å². The van der Waals surface area contributed by atoms with Crippen molar-refractivity contribution in [2.75, 3.05) is 5.32 Å². The largest absolute Gasteiger partial charge is 0.326 e. The second kappa shape index (κ2) is 5.80. The first-order valence-electron chi connectivity index (χ1n) is 5.92. The number of benzene rings is 1. The lowest BCUT2D eigenvalue weighted by atomic mass is 9.90. The van der Waals surface area contributed by atoms with Crippen molar-refractivity contribution in [3.63, 3.8) is 0 Å². The summed E-state index contributed by atoms with van der Waals surface area (Å²) in [4.78, 5) is 11.6. The quantitative estimate of drug-likeness (QED) is 0.843. The van der Waals surface area contributed by atoms with Crippen molar-refractivity contribution in [2.24, 2.45) is 5.41 Å². The zero-order valence-corrected chi connectivity index (χ0v) is 10.7. The highest BCUT2D eigenvalue weighted by Gasteiger charge is 2.11. The Morgan fingerprint density at radius 3 is 2.35 bits per heavy atom. The van der Waals surface area contributed by atoms with E-state index in [0.29, 0.717) is 12.1 Å². The zero-order valence-electron chi connectivity index (χ0n) is 10.7. The number of hydrogen-bond acceptors (Lipinski definition) is 1. The molecule has 0 atom stereocenters. The van der Waals surface area contributed by atoms with E-state index in [-0.39, 0.29) is 17.1 Å². The maximum Gasteiger partial charge on any atom is 0.224 e. The van der Waals surface area contributed by atoms with E-state index in [4.69, 9.17) is 0 Å². The molecule has 0 saturated heterocycles. The number of halogens is 1. The van der Waals surface area contributed by atoms with Gasteiger partial charge in [-0.25, -0.2) is 4.39 Å². The van der Waals surface area contributed by atoms with E-state index >= 15 is 0 Å². The second-order valence-corrected chi connectivity index (χ2v) is 5.47. The molecule has 0 aromatic heterocycles. The topological polar surface area (TPSA) is 29.1 Å². The van der Waals surface area contributed by atoms with E-state index in [9.17, 15) is 9.18 Å². The molecule has 2 nitrogen and oxygen atoms in total. The number of carbonyl (C=O) groups excluding carboxylic acids is 1. The molecule has 0 heterocycles. The van der Waals surface area contributed by atoms with Gasteiger partial charge in [-0.3, -0.25) is 4.79 Å². The van der Waals surface area contributed by atoms with Crippen LogP contribution in [-0.4, -0.2) is 5.91 Å². The normalized spacial score (nSPS) is 11.3. The number of amides is 1. The van der Waals surface area contributed by atoms with Crippen molar-refractivity contribution in [1.29, 1.82) is 0 Å². The van der Waals surface area contributed by atoms with Gasteiger partial charge in [-0.15, -0.1) is 0 Å². The summed E-state index contributed by atoms with van der Waals surface area (Å²) in [7, 11) is 0. The smallest absolute Gasteiger partial charge is 0.224 e. The molecule has 3 heteroatoms. The average Bonchev–Trinajstić information content (AvgIpc) is 2.19. The van der Waals surface area contributed by atoms with Crippen molar-refractivity contribution < 1.29 is 9.18 Å². The van der Waals surface area contributed by atoms with Gasteiger partial charge in [0.05, 0.1) is 0 Å². The van der Waals surface area contributed by atoms with Crippen molar-refractivity contribution in [1.82, 2.24) is 0 Å². The molecule has 1 aromatic carbocycles. The standard InChI is InChI=1S/C14H20FNO/c1-14(2,3)10-4-5-13(17)16-12-8-6-11(15)7-9-12/h6-9H,4-5,10H2,1-3H3,(H,16,17). The molecular formula is C14H20FNO. The van der Waals surface area contributed by atoms with Crippen LogP contribution in [0, 0.1) is 11.2 Å². The van der Waals surface area contributed by atoms with Gasteiger partial charge in [0.1, 0.15) is 5.82 Å². The van der Waals surface area contributed by atoms with E-state index in [2.05, 4.69) is 26.1 Å². The Labute approximate surface area is 102 Å². The molecule has 1 rings (SSSR count). The van der Waals surface area contributed by atoms with Crippen LogP contribution < -0.4 is 5.32 Å². The fraction of sp³-hybridized carbons (Fsp3) is 0.500. The lowest BCUT2D eigenvalue weighted by molar-refractivity contribution is -0.116. The molecule has 0 radical (unpaired) electrons. The van der Waals surface area contributed by atoms with Gasteiger partial charge in [0.2, 0.25) is 5.91 Å². The van der Waals surface area contributed by atoms with Crippen LogP contribution in [0.5, 0.6) is 0 Å². The van der Waals surface area contributed by atoms with E-state index < -0.39 is 0 Å². The minimum absolute atomic E-state index is 0.0131. The third-order valence-electron chi connectivity index (χ3n) is 2.46. The van der Waals surface area contributed by atoms with Gasteiger partial charge in [0.25, 0.3) is 0 Å². The Morgan fingerprint density at radius 2 is 1.82 bits per heavy atom. The van der Waals surface area contributed by atoms with Gasteiger partial charge in [-0.05, 0) is 42.5 Å². The predicted molar refractivity (Wildman–Crippen MR) is 68.3 cm³/mol. The van der Waals surface area contributed by atoms with E-state index in [1.807, 2.05) is 0 Å². The third-order valence-corrected chi connectivity index (χ3v) is 2.46. The molecule has 0 spiro atoms. The maximum absolute atomic E-state index is 12.6. The van der Waals surface area contributed by atoms with Crippen LogP contribution in [-0.2, 0) is 4.79 Å². The number of hydrogen-bond donors (Lipinski definition) is 1. The highest BCUT2D eigenvalue weighted by atomic mass is 19.1. The lowest BCUT2D eigenvalue weighted by Gasteiger charge is -2.17. The fourth-order valence-electron chi connectivity index (χ4n) is 1.54. The Kier molecular flexibility index (Phi) is 4.67. The van der Waals surface area contributed by atoms with Gasteiger partial charge in [-0.2, -0.15) is 0 Å². The van der Waals surface area contributed by atoms with Crippen molar-refractivity contribution in [3.8, 4) is 0 Å². The number of carbonyl (C=O) groups is 1. The van der Waals surface area contributed by atoms with E-state index in [0.717, 1.165) is 12.8 Å². The van der Waals surface area contributed by atoms with Gasteiger partial charge in [0, 0.05) is 12.1 Å². The van der Waals surface area contributed by atoms with Crippen molar-refractivity contribution >= 4 is 11.6 Å². The number of rotatable bonds is 4. The predicted octanol–water partition coefficient (Wildman–Crippen LogP) is 3.98. The molecule has 94 valence electrons. The summed E-state index contributed by atoms with van der Waals surface area (Å²) in [6.07, 6.45) is 2.40. The molecule has 0 unspecified atom stereocenters. The van der Waals surface area contributed by atoms with Crippen LogP contribution in [0.25, 0.3) is 0 Å². The second-order valence-electron chi connectivity index (χ2n) is 5.47. The first-order chi connectivity index (χ1) is 7.87. The molecule has 1 amide bonds. The summed E-state index contributed by atoms with van der Waals surface area (Å²) in [5.41, 5.74) is 0.906. The SMILES string of the molecule is CC(C)(C)CCCC(=O)Nc1ccc(F)cc1. The highest BCUT2D eigenvalue weighted by molar-refractivity contribution is 5.90. The molecule has 0 aliphatic carbocycles. The number of nitrogens with one attached hydrogen (secondary N) is 1. The first kappa shape index (κ1) is 13.7. The van der Waals surface area contributed by atoms with Gasteiger partial charge >= 0.3 is 0 Å². The van der Waals surface area contributed by atoms with Crippen LogP contribution >= 0.6 is 0 Å². The molecule has 0 saturated carbocycles. The molecule has 1 aromatic rings. The molecule has 0 fully saturated rings. The zero-order chi connectivity index (χ0) is 12.9. The minimum Gasteiger partial charge on any atom is -0.326 e. The monoisotopic (exact) mass is 237 g/mol. The Bertz CT molecular complexity index is 365. The summed E-state index contributed by atoms with van der Waals surface area (Å²) < 4.78 is 12.6.